The van der Waals surface area contributed by atoms with E-state index in [0.717, 1.165) is 61.0 Å². The van der Waals surface area contributed by atoms with E-state index in [2.05, 4.69) is 78.8 Å². The van der Waals surface area contributed by atoms with Crippen molar-refractivity contribution < 1.29 is 9.59 Å². The summed E-state index contributed by atoms with van der Waals surface area (Å²) in [5.74, 6) is -0.0914. The number of benzene rings is 2. The van der Waals surface area contributed by atoms with Crippen molar-refractivity contribution in [1.82, 2.24) is 15.5 Å². The van der Waals surface area contributed by atoms with Gasteiger partial charge in [-0.2, -0.15) is 0 Å². The zero-order chi connectivity index (χ0) is 28.3. The second-order valence-electron chi connectivity index (χ2n) is 12.2. The summed E-state index contributed by atoms with van der Waals surface area (Å²) in [5.41, 5.74) is 12.3. The molecule has 3 unspecified atom stereocenters. The fraction of sp³-hybridized carbons (Fsp3) is 0.562. The lowest BCUT2D eigenvalue weighted by molar-refractivity contribution is -0.129. The van der Waals surface area contributed by atoms with E-state index in [9.17, 15) is 9.59 Å². The standard InChI is InChI=1S/C32H47N5O2/c1-20-15-21(2)35-32(39)29(20)18-34-31(38)28-16-25(24-9-7-23(8-10-24)19-36(4)5)17-30(22(28)3)37(6)27-13-11-26(33)12-14-27/h7-10,16-17,20-21,26-27,29H,11-15,18-19,33H2,1-6H3,(H,34,38)(H,35,39)/t20?,21?,26-,27-,29?. The molecule has 0 aromatic heterocycles. The molecule has 2 aromatic rings. The Kier molecular flexibility index (Phi) is 9.34. The van der Waals surface area contributed by atoms with Crippen LogP contribution in [0, 0.1) is 18.8 Å². The molecule has 2 fully saturated rings. The summed E-state index contributed by atoms with van der Waals surface area (Å²) in [5, 5.41) is 6.14. The van der Waals surface area contributed by atoms with Crippen molar-refractivity contribution in [2.45, 2.75) is 77.5 Å². The third-order valence-corrected chi connectivity index (χ3v) is 8.70. The molecule has 3 atom stereocenters. The van der Waals surface area contributed by atoms with Crippen molar-refractivity contribution in [3.63, 3.8) is 0 Å². The maximum Gasteiger partial charge on any atom is 0.251 e. The highest BCUT2D eigenvalue weighted by atomic mass is 16.2. The van der Waals surface area contributed by atoms with Crippen LogP contribution in [0.15, 0.2) is 36.4 Å². The molecule has 7 heteroatoms. The molecule has 1 saturated carbocycles. The monoisotopic (exact) mass is 533 g/mol. The second kappa shape index (κ2) is 12.5. The van der Waals surface area contributed by atoms with Gasteiger partial charge in [0.2, 0.25) is 5.91 Å². The quantitative estimate of drug-likeness (QED) is 0.470. The summed E-state index contributed by atoms with van der Waals surface area (Å²) in [4.78, 5) is 30.8. The van der Waals surface area contributed by atoms with Gasteiger partial charge in [0.05, 0.1) is 5.92 Å². The highest BCUT2D eigenvalue weighted by molar-refractivity contribution is 5.99. The van der Waals surface area contributed by atoms with E-state index in [1.54, 1.807) is 0 Å². The zero-order valence-electron chi connectivity index (χ0n) is 24.6. The van der Waals surface area contributed by atoms with Gasteiger partial charge in [0.25, 0.3) is 5.91 Å². The number of carbonyl (C=O) groups is 2. The smallest absolute Gasteiger partial charge is 0.251 e. The number of nitrogens with two attached hydrogens (primary N) is 1. The number of amides is 2. The predicted molar refractivity (Wildman–Crippen MR) is 160 cm³/mol. The second-order valence-corrected chi connectivity index (χ2v) is 12.2. The first kappa shape index (κ1) is 29.1. The maximum absolute atomic E-state index is 13.7. The number of carbonyl (C=O) groups excluding carboxylic acids is 2. The molecular weight excluding hydrogens is 486 g/mol. The SMILES string of the molecule is Cc1c(C(=O)NCC2C(=O)NC(C)CC2C)cc(-c2ccc(CN(C)C)cc2)cc1N(C)[C@H]1CC[C@H](N)CC1. The Labute approximate surface area is 234 Å². The molecule has 1 aliphatic heterocycles. The zero-order valence-corrected chi connectivity index (χ0v) is 24.6. The highest BCUT2D eigenvalue weighted by Gasteiger charge is 2.32. The van der Waals surface area contributed by atoms with Crippen molar-refractivity contribution in [1.29, 1.82) is 0 Å². The average molecular weight is 534 g/mol. The Hall–Kier alpha value is -2.90. The van der Waals surface area contributed by atoms with Crippen LogP contribution in [0.3, 0.4) is 0 Å². The molecule has 2 amide bonds. The van der Waals surface area contributed by atoms with Gasteiger partial charge in [-0.3, -0.25) is 9.59 Å². The molecule has 0 bridgehead atoms. The van der Waals surface area contributed by atoms with E-state index >= 15 is 0 Å². The van der Waals surface area contributed by atoms with Crippen molar-refractivity contribution in [3.8, 4) is 11.1 Å². The van der Waals surface area contributed by atoms with Crippen LogP contribution >= 0.6 is 0 Å². The molecule has 1 saturated heterocycles. The molecule has 0 spiro atoms. The summed E-state index contributed by atoms with van der Waals surface area (Å²) in [6.45, 7) is 7.39. The van der Waals surface area contributed by atoms with Gasteiger partial charge in [0, 0.05) is 49.5 Å². The Bertz CT molecular complexity index is 1150. The van der Waals surface area contributed by atoms with E-state index in [4.69, 9.17) is 5.73 Å². The summed E-state index contributed by atoms with van der Waals surface area (Å²) >= 11 is 0. The lowest BCUT2D eigenvalue weighted by Crippen LogP contribution is -2.50. The Balaban J connectivity index is 1.64. The van der Waals surface area contributed by atoms with Crippen LogP contribution in [0.4, 0.5) is 5.69 Å². The van der Waals surface area contributed by atoms with Gasteiger partial charge in [-0.05, 0) is 100 Å². The predicted octanol–water partition coefficient (Wildman–Crippen LogP) is 4.32. The van der Waals surface area contributed by atoms with Gasteiger partial charge in [0.15, 0.2) is 0 Å². The van der Waals surface area contributed by atoms with E-state index in [1.807, 2.05) is 19.9 Å². The van der Waals surface area contributed by atoms with Gasteiger partial charge in [-0.25, -0.2) is 0 Å². The van der Waals surface area contributed by atoms with Gasteiger partial charge in [-0.1, -0.05) is 31.2 Å². The van der Waals surface area contributed by atoms with Crippen molar-refractivity contribution >= 4 is 17.5 Å². The lowest BCUT2D eigenvalue weighted by atomic mass is 9.84. The largest absolute Gasteiger partial charge is 0.371 e. The topological polar surface area (TPSA) is 90.7 Å². The van der Waals surface area contributed by atoms with Gasteiger partial charge >= 0.3 is 0 Å². The summed E-state index contributed by atoms with van der Waals surface area (Å²) in [6.07, 6.45) is 5.07. The molecule has 39 heavy (non-hydrogen) atoms. The normalized spacial score (nSPS) is 25.3. The van der Waals surface area contributed by atoms with E-state index in [1.165, 1.54) is 5.56 Å². The summed E-state index contributed by atoms with van der Waals surface area (Å²) < 4.78 is 0. The number of nitrogens with one attached hydrogen (secondary N) is 2. The first-order valence-corrected chi connectivity index (χ1v) is 14.5. The van der Waals surface area contributed by atoms with Crippen LogP contribution < -0.4 is 21.3 Å². The molecule has 4 rings (SSSR count). The Morgan fingerprint density at radius 2 is 1.69 bits per heavy atom. The number of nitrogens with zero attached hydrogens (tertiary/aromatic N) is 2. The molecule has 4 N–H and O–H groups in total. The van der Waals surface area contributed by atoms with Crippen molar-refractivity contribution in [2.24, 2.45) is 17.6 Å². The van der Waals surface area contributed by atoms with Crippen LogP contribution in [-0.4, -0.2) is 62.5 Å². The van der Waals surface area contributed by atoms with E-state index < -0.39 is 0 Å². The summed E-state index contributed by atoms with van der Waals surface area (Å²) in [6, 6.07) is 13.7. The van der Waals surface area contributed by atoms with Crippen LogP contribution in [-0.2, 0) is 11.3 Å². The van der Waals surface area contributed by atoms with Crippen LogP contribution in [0.1, 0.15) is 67.4 Å². The number of hydrogen-bond donors (Lipinski definition) is 3. The molecule has 7 nitrogen and oxygen atoms in total. The lowest BCUT2D eigenvalue weighted by Gasteiger charge is -2.36. The number of rotatable bonds is 8. The fourth-order valence-electron chi connectivity index (χ4n) is 6.30. The molecule has 0 radical (unpaired) electrons. The number of anilines is 1. The van der Waals surface area contributed by atoms with Gasteiger partial charge in [0.1, 0.15) is 0 Å². The highest BCUT2D eigenvalue weighted by Crippen LogP contribution is 2.34. The average Bonchev–Trinajstić information content (AvgIpc) is 2.88. The molecule has 1 aliphatic carbocycles. The maximum atomic E-state index is 13.7. The Morgan fingerprint density at radius 1 is 1.03 bits per heavy atom. The van der Waals surface area contributed by atoms with Gasteiger partial charge in [-0.15, -0.1) is 0 Å². The van der Waals surface area contributed by atoms with Crippen molar-refractivity contribution in [2.75, 3.05) is 32.6 Å². The number of piperidine rings is 1. The first-order valence-electron chi connectivity index (χ1n) is 14.5. The first-order chi connectivity index (χ1) is 18.5. The Morgan fingerprint density at radius 3 is 2.31 bits per heavy atom. The molecule has 2 aromatic carbocycles. The number of hydrogen-bond acceptors (Lipinski definition) is 5. The third kappa shape index (κ3) is 7.00. The van der Waals surface area contributed by atoms with Crippen LogP contribution in [0.25, 0.3) is 11.1 Å². The summed E-state index contributed by atoms with van der Waals surface area (Å²) in [7, 11) is 6.28. The van der Waals surface area contributed by atoms with Crippen LogP contribution in [0.2, 0.25) is 0 Å². The minimum Gasteiger partial charge on any atom is -0.371 e. The minimum absolute atomic E-state index is 0.0285. The van der Waals surface area contributed by atoms with Gasteiger partial charge < -0.3 is 26.2 Å². The third-order valence-electron chi connectivity index (χ3n) is 8.70. The van der Waals surface area contributed by atoms with E-state index in [-0.39, 0.29) is 35.7 Å². The molecule has 212 valence electrons. The van der Waals surface area contributed by atoms with E-state index in [0.29, 0.717) is 18.2 Å². The molecule has 2 aliphatic rings. The molecular formula is C32H47N5O2. The van der Waals surface area contributed by atoms with Crippen molar-refractivity contribution in [3.05, 3.63) is 53.1 Å². The van der Waals surface area contributed by atoms with Crippen LogP contribution in [0.5, 0.6) is 0 Å². The fourth-order valence-corrected chi connectivity index (χ4v) is 6.30. The minimum atomic E-state index is -0.216. The molecule has 1 heterocycles.